The fourth-order valence-electron chi connectivity index (χ4n) is 2.06. The number of halogens is 2. The minimum atomic E-state index is -0.325. The van der Waals surface area contributed by atoms with E-state index in [0.717, 1.165) is 22.6 Å². The molecule has 1 aliphatic rings. The van der Waals surface area contributed by atoms with E-state index in [9.17, 15) is 4.39 Å². The standard InChI is InChI=1S/C15H13ClFNO2/c16-13-6-12(17)3-2-11(13)8-18-7-10-1-4-14-15(5-10)20-9-19-14/h1-6,18H,7-9H2. The minimum absolute atomic E-state index is 0.275. The molecule has 0 aliphatic carbocycles. The largest absolute Gasteiger partial charge is 0.454 e. The molecule has 0 amide bonds. The van der Waals surface area contributed by atoms with Crippen molar-refractivity contribution in [2.75, 3.05) is 6.79 Å². The molecule has 0 fully saturated rings. The molecule has 5 heteroatoms. The molecule has 1 N–H and O–H groups in total. The highest BCUT2D eigenvalue weighted by Gasteiger charge is 2.12. The monoisotopic (exact) mass is 293 g/mol. The van der Waals surface area contributed by atoms with Gasteiger partial charge in [-0.2, -0.15) is 0 Å². The third-order valence-corrected chi connectivity index (χ3v) is 3.45. The number of ether oxygens (including phenoxy) is 2. The molecule has 1 heterocycles. The Kier molecular flexibility index (Phi) is 3.76. The van der Waals surface area contributed by atoms with Crippen LogP contribution in [0.2, 0.25) is 5.02 Å². The lowest BCUT2D eigenvalue weighted by Crippen LogP contribution is -2.13. The van der Waals surface area contributed by atoms with Gasteiger partial charge < -0.3 is 14.8 Å². The van der Waals surface area contributed by atoms with Gasteiger partial charge in [-0.1, -0.05) is 23.7 Å². The van der Waals surface area contributed by atoms with E-state index in [2.05, 4.69) is 5.32 Å². The molecule has 20 heavy (non-hydrogen) atoms. The molecule has 104 valence electrons. The van der Waals surface area contributed by atoms with Crippen LogP contribution >= 0.6 is 11.6 Å². The first-order valence-corrected chi connectivity index (χ1v) is 6.63. The number of rotatable bonds is 4. The SMILES string of the molecule is Fc1ccc(CNCc2ccc3c(c2)OCO3)c(Cl)c1. The Balaban J connectivity index is 1.60. The molecule has 0 radical (unpaired) electrons. The highest BCUT2D eigenvalue weighted by molar-refractivity contribution is 6.31. The second-order valence-corrected chi connectivity index (χ2v) is 4.93. The van der Waals surface area contributed by atoms with Gasteiger partial charge in [0.2, 0.25) is 6.79 Å². The van der Waals surface area contributed by atoms with E-state index in [1.54, 1.807) is 6.07 Å². The van der Waals surface area contributed by atoms with Gasteiger partial charge in [-0.05, 0) is 35.4 Å². The van der Waals surface area contributed by atoms with Crippen molar-refractivity contribution in [3.05, 3.63) is 58.4 Å². The Bertz CT molecular complexity index is 633. The lowest BCUT2D eigenvalue weighted by molar-refractivity contribution is 0.174. The first kappa shape index (κ1) is 13.2. The van der Waals surface area contributed by atoms with E-state index in [1.165, 1.54) is 12.1 Å². The van der Waals surface area contributed by atoms with Crippen molar-refractivity contribution >= 4 is 11.6 Å². The maximum atomic E-state index is 12.9. The van der Waals surface area contributed by atoms with E-state index in [0.29, 0.717) is 18.1 Å². The van der Waals surface area contributed by atoms with Crippen molar-refractivity contribution in [3.8, 4) is 11.5 Å². The van der Waals surface area contributed by atoms with Crippen molar-refractivity contribution < 1.29 is 13.9 Å². The second kappa shape index (κ2) is 5.69. The average molecular weight is 294 g/mol. The van der Waals surface area contributed by atoms with E-state index >= 15 is 0 Å². The highest BCUT2D eigenvalue weighted by atomic mass is 35.5. The van der Waals surface area contributed by atoms with Crippen molar-refractivity contribution in [2.24, 2.45) is 0 Å². The lowest BCUT2D eigenvalue weighted by Gasteiger charge is -2.07. The van der Waals surface area contributed by atoms with Crippen LogP contribution in [0.25, 0.3) is 0 Å². The molecule has 0 spiro atoms. The number of nitrogens with one attached hydrogen (secondary N) is 1. The molecule has 0 atom stereocenters. The lowest BCUT2D eigenvalue weighted by atomic mass is 10.2. The summed E-state index contributed by atoms with van der Waals surface area (Å²) in [5.41, 5.74) is 1.96. The molecule has 3 nitrogen and oxygen atoms in total. The highest BCUT2D eigenvalue weighted by Crippen LogP contribution is 2.32. The Hall–Kier alpha value is -1.78. The van der Waals surface area contributed by atoms with Crippen LogP contribution in [0.4, 0.5) is 4.39 Å². The third kappa shape index (κ3) is 2.86. The predicted molar refractivity (Wildman–Crippen MR) is 74.5 cm³/mol. The Labute approximate surface area is 121 Å². The topological polar surface area (TPSA) is 30.5 Å². The molecular weight excluding hydrogens is 281 g/mol. The van der Waals surface area contributed by atoms with Gasteiger partial charge in [-0.15, -0.1) is 0 Å². The van der Waals surface area contributed by atoms with Crippen LogP contribution in [0.5, 0.6) is 11.5 Å². The normalized spacial score (nSPS) is 12.7. The fraction of sp³-hybridized carbons (Fsp3) is 0.200. The quantitative estimate of drug-likeness (QED) is 0.936. The summed E-state index contributed by atoms with van der Waals surface area (Å²) in [5, 5.41) is 3.70. The summed E-state index contributed by atoms with van der Waals surface area (Å²) in [4.78, 5) is 0. The molecule has 0 saturated carbocycles. The molecule has 1 aliphatic heterocycles. The minimum Gasteiger partial charge on any atom is -0.454 e. The van der Waals surface area contributed by atoms with E-state index in [1.807, 2.05) is 18.2 Å². The maximum Gasteiger partial charge on any atom is 0.231 e. The van der Waals surface area contributed by atoms with Gasteiger partial charge in [0, 0.05) is 18.1 Å². The predicted octanol–water partition coefficient (Wildman–Crippen LogP) is 3.50. The molecule has 2 aromatic rings. The summed E-state index contributed by atoms with van der Waals surface area (Å²) < 4.78 is 23.5. The van der Waals surface area contributed by atoms with Gasteiger partial charge >= 0.3 is 0 Å². The summed E-state index contributed by atoms with van der Waals surface area (Å²) in [6, 6.07) is 10.2. The second-order valence-electron chi connectivity index (χ2n) is 4.53. The Morgan fingerprint density at radius 2 is 1.90 bits per heavy atom. The summed E-state index contributed by atoms with van der Waals surface area (Å²) in [6.45, 7) is 1.52. The zero-order valence-electron chi connectivity index (χ0n) is 10.7. The van der Waals surface area contributed by atoms with Crippen molar-refractivity contribution in [1.82, 2.24) is 5.32 Å². The number of hydrogen-bond donors (Lipinski definition) is 1. The molecule has 3 rings (SSSR count). The maximum absolute atomic E-state index is 12.9. The van der Waals surface area contributed by atoms with Gasteiger partial charge in [0.25, 0.3) is 0 Å². The van der Waals surface area contributed by atoms with Crippen LogP contribution in [0.3, 0.4) is 0 Å². The molecule has 0 unspecified atom stereocenters. The first-order valence-electron chi connectivity index (χ1n) is 6.25. The summed E-state index contributed by atoms with van der Waals surface area (Å²) in [6.07, 6.45) is 0. The van der Waals surface area contributed by atoms with Crippen LogP contribution < -0.4 is 14.8 Å². The zero-order valence-corrected chi connectivity index (χ0v) is 11.4. The van der Waals surface area contributed by atoms with Crippen LogP contribution in [0.15, 0.2) is 36.4 Å². The van der Waals surface area contributed by atoms with Gasteiger partial charge in [-0.3, -0.25) is 0 Å². The molecule has 0 saturated heterocycles. The summed E-state index contributed by atoms with van der Waals surface area (Å²) in [7, 11) is 0. The first-order chi connectivity index (χ1) is 9.72. The third-order valence-electron chi connectivity index (χ3n) is 3.10. The molecule has 0 bridgehead atoms. The molecular formula is C15H13ClFNO2. The van der Waals surface area contributed by atoms with Gasteiger partial charge in [-0.25, -0.2) is 4.39 Å². The van der Waals surface area contributed by atoms with Gasteiger partial charge in [0.1, 0.15) is 5.82 Å². The summed E-state index contributed by atoms with van der Waals surface area (Å²) >= 11 is 5.97. The van der Waals surface area contributed by atoms with E-state index < -0.39 is 0 Å². The number of benzene rings is 2. The van der Waals surface area contributed by atoms with E-state index in [4.69, 9.17) is 21.1 Å². The van der Waals surface area contributed by atoms with Gasteiger partial charge in [0.15, 0.2) is 11.5 Å². The number of fused-ring (bicyclic) bond motifs is 1. The van der Waals surface area contributed by atoms with E-state index in [-0.39, 0.29) is 12.6 Å². The Morgan fingerprint density at radius 3 is 2.75 bits per heavy atom. The zero-order chi connectivity index (χ0) is 13.9. The smallest absolute Gasteiger partial charge is 0.231 e. The van der Waals surface area contributed by atoms with Crippen molar-refractivity contribution in [1.29, 1.82) is 0 Å². The molecule has 0 aromatic heterocycles. The fourth-order valence-corrected chi connectivity index (χ4v) is 2.29. The summed E-state index contributed by atoms with van der Waals surface area (Å²) in [5.74, 6) is 1.22. The van der Waals surface area contributed by atoms with Crippen LogP contribution in [-0.2, 0) is 13.1 Å². The van der Waals surface area contributed by atoms with Crippen molar-refractivity contribution in [3.63, 3.8) is 0 Å². The number of hydrogen-bond acceptors (Lipinski definition) is 3. The Morgan fingerprint density at radius 1 is 1.05 bits per heavy atom. The van der Waals surface area contributed by atoms with Crippen LogP contribution in [-0.4, -0.2) is 6.79 Å². The van der Waals surface area contributed by atoms with Crippen molar-refractivity contribution in [2.45, 2.75) is 13.1 Å². The molecule has 2 aromatic carbocycles. The average Bonchev–Trinajstić information content (AvgIpc) is 2.89. The van der Waals surface area contributed by atoms with Gasteiger partial charge in [0.05, 0.1) is 0 Å². The van der Waals surface area contributed by atoms with Crippen LogP contribution in [0.1, 0.15) is 11.1 Å². The van der Waals surface area contributed by atoms with Crippen LogP contribution in [0, 0.1) is 5.82 Å².